The fourth-order valence-electron chi connectivity index (χ4n) is 2.54. The lowest BCUT2D eigenvalue weighted by molar-refractivity contribution is -0.129. The van der Waals surface area contributed by atoms with Crippen molar-refractivity contribution in [3.05, 3.63) is 33.8 Å². The fourth-order valence-corrected chi connectivity index (χ4v) is 2.90. The second kappa shape index (κ2) is 7.57. The van der Waals surface area contributed by atoms with Crippen molar-refractivity contribution in [2.24, 2.45) is 0 Å². The van der Waals surface area contributed by atoms with Crippen molar-refractivity contribution in [3.63, 3.8) is 0 Å². The topological polar surface area (TPSA) is 95.6 Å². The van der Waals surface area contributed by atoms with E-state index in [1.165, 1.54) is 0 Å². The number of hydrogen-bond acceptors (Lipinski definition) is 4. The van der Waals surface area contributed by atoms with Gasteiger partial charge in [-0.05, 0) is 45.9 Å². The summed E-state index contributed by atoms with van der Waals surface area (Å²) < 4.78 is 0.704. The standard InChI is InChI=1S/C18H22BrN3O4/c1-10(15(24)21-18(2,3)4)20-14(23)7-8-22-16(25)12-6-5-11(19)9-13(12)17(22)26/h5-6,9-10H,7-8H2,1-4H3,(H,20,23)(H,21,24). The molecule has 0 aliphatic carbocycles. The molecular formula is C18H22BrN3O4. The fraction of sp³-hybridized carbons (Fsp3) is 0.444. The van der Waals surface area contributed by atoms with Gasteiger partial charge in [0.15, 0.2) is 0 Å². The number of imide groups is 1. The molecule has 1 atom stereocenters. The third kappa shape index (κ3) is 4.69. The van der Waals surface area contributed by atoms with Crippen molar-refractivity contribution >= 4 is 39.6 Å². The van der Waals surface area contributed by atoms with Crippen LogP contribution in [0.5, 0.6) is 0 Å². The lowest BCUT2D eigenvalue weighted by Crippen LogP contribution is -2.51. The Morgan fingerprint density at radius 3 is 2.38 bits per heavy atom. The van der Waals surface area contributed by atoms with E-state index in [9.17, 15) is 19.2 Å². The van der Waals surface area contributed by atoms with Gasteiger partial charge in [-0.2, -0.15) is 0 Å². The van der Waals surface area contributed by atoms with E-state index in [4.69, 9.17) is 0 Å². The van der Waals surface area contributed by atoms with Gasteiger partial charge in [-0.25, -0.2) is 0 Å². The summed E-state index contributed by atoms with van der Waals surface area (Å²) in [6.45, 7) is 7.09. The molecule has 1 aliphatic heterocycles. The third-order valence-electron chi connectivity index (χ3n) is 3.76. The molecule has 140 valence electrons. The number of benzene rings is 1. The van der Waals surface area contributed by atoms with Crippen LogP contribution in [0.3, 0.4) is 0 Å². The van der Waals surface area contributed by atoms with Crippen molar-refractivity contribution in [3.8, 4) is 0 Å². The van der Waals surface area contributed by atoms with Gasteiger partial charge in [-0.1, -0.05) is 15.9 Å². The van der Waals surface area contributed by atoms with Gasteiger partial charge in [0.05, 0.1) is 11.1 Å². The lowest BCUT2D eigenvalue weighted by Gasteiger charge is -2.23. The van der Waals surface area contributed by atoms with E-state index < -0.39 is 29.3 Å². The minimum Gasteiger partial charge on any atom is -0.350 e. The van der Waals surface area contributed by atoms with Crippen LogP contribution < -0.4 is 10.6 Å². The minimum absolute atomic E-state index is 0.0383. The first kappa shape index (κ1) is 20.1. The Kier molecular flexibility index (Phi) is 5.85. The molecule has 0 aromatic heterocycles. The summed E-state index contributed by atoms with van der Waals surface area (Å²) >= 11 is 3.27. The Bertz CT molecular complexity index is 770. The van der Waals surface area contributed by atoms with Crippen LogP contribution in [-0.2, 0) is 9.59 Å². The maximum absolute atomic E-state index is 12.3. The smallest absolute Gasteiger partial charge is 0.261 e. The molecule has 0 fully saturated rings. The Hall–Kier alpha value is -2.22. The molecule has 0 bridgehead atoms. The Balaban J connectivity index is 1.91. The Morgan fingerprint density at radius 1 is 1.15 bits per heavy atom. The molecule has 0 spiro atoms. The van der Waals surface area contributed by atoms with Gasteiger partial charge in [-0.15, -0.1) is 0 Å². The number of carbonyl (C=O) groups excluding carboxylic acids is 4. The molecule has 1 aromatic rings. The normalized spacial score (nSPS) is 14.9. The lowest BCUT2D eigenvalue weighted by atomic mass is 10.1. The number of carbonyl (C=O) groups is 4. The molecule has 1 aliphatic rings. The number of fused-ring (bicyclic) bond motifs is 1. The number of halogens is 1. The maximum Gasteiger partial charge on any atom is 0.261 e. The molecule has 7 nitrogen and oxygen atoms in total. The average molecular weight is 424 g/mol. The molecule has 26 heavy (non-hydrogen) atoms. The molecule has 2 N–H and O–H groups in total. The zero-order valence-corrected chi connectivity index (χ0v) is 16.8. The van der Waals surface area contributed by atoms with Crippen LogP contribution in [0.15, 0.2) is 22.7 Å². The molecule has 0 radical (unpaired) electrons. The molecule has 1 heterocycles. The average Bonchev–Trinajstić information content (AvgIpc) is 2.74. The number of hydrogen-bond donors (Lipinski definition) is 2. The van der Waals surface area contributed by atoms with E-state index in [2.05, 4.69) is 26.6 Å². The quantitative estimate of drug-likeness (QED) is 0.706. The van der Waals surface area contributed by atoms with E-state index >= 15 is 0 Å². The van der Waals surface area contributed by atoms with E-state index in [0.29, 0.717) is 15.6 Å². The van der Waals surface area contributed by atoms with Crippen LogP contribution in [0.25, 0.3) is 0 Å². The van der Waals surface area contributed by atoms with E-state index in [1.807, 2.05) is 20.8 Å². The summed E-state index contributed by atoms with van der Waals surface area (Å²) in [5.74, 6) is -1.53. The number of rotatable bonds is 5. The van der Waals surface area contributed by atoms with Crippen molar-refractivity contribution in [1.82, 2.24) is 15.5 Å². The summed E-state index contributed by atoms with van der Waals surface area (Å²) in [4.78, 5) is 49.8. The van der Waals surface area contributed by atoms with Gasteiger partial charge in [0.1, 0.15) is 6.04 Å². The number of nitrogens with one attached hydrogen (secondary N) is 2. The van der Waals surface area contributed by atoms with Crippen molar-refractivity contribution in [1.29, 1.82) is 0 Å². The molecule has 2 rings (SSSR count). The van der Waals surface area contributed by atoms with Gasteiger partial charge in [0.2, 0.25) is 11.8 Å². The van der Waals surface area contributed by atoms with Gasteiger partial charge < -0.3 is 10.6 Å². The van der Waals surface area contributed by atoms with Gasteiger partial charge in [0, 0.05) is 23.0 Å². The molecular weight excluding hydrogens is 402 g/mol. The predicted octanol–water partition coefficient (Wildman–Crippen LogP) is 1.85. The van der Waals surface area contributed by atoms with Crippen LogP contribution in [0, 0.1) is 0 Å². The zero-order valence-electron chi connectivity index (χ0n) is 15.2. The molecule has 0 saturated carbocycles. The molecule has 4 amide bonds. The van der Waals surface area contributed by atoms with Gasteiger partial charge in [0.25, 0.3) is 11.8 Å². The largest absolute Gasteiger partial charge is 0.350 e. The second-order valence-corrected chi connectivity index (χ2v) is 8.15. The zero-order chi connectivity index (χ0) is 19.6. The molecule has 1 aromatic carbocycles. The van der Waals surface area contributed by atoms with E-state index in [0.717, 1.165) is 4.90 Å². The van der Waals surface area contributed by atoms with Gasteiger partial charge in [-0.3, -0.25) is 24.1 Å². The first-order chi connectivity index (χ1) is 12.0. The summed E-state index contributed by atoms with van der Waals surface area (Å²) in [6, 6.07) is 4.16. The van der Waals surface area contributed by atoms with Crippen LogP contribution in [0.4, 0.5) is 0 Å². The number of nitrogens with zero attached hydrogens (tertiary/aromatic N) is 1. The van der Waals surface area contributed by atoms with Crippen molar-refractivity contribution in [2.75, 3.05) is 6.54 Å². The maximum atomic E-state index is 12.3. The molecule has 0 saturated heterocycles. The van der Waals surface area contributed by atoms with E-state index in [-0.39, 0.29) is 18.9 Å². The van der Waals surface area contributed by atoms with Crippen LogP contribution in [0.1, 0.15) is 54.8 Å². The first-order valence-corrected chi connectivity index (χ1v) is 9.06. The van der Waals surface area contributed by atoms with Gasteiger partial charge >= 0.3 is 0 Å². The molecule has 8 heteroatoms. The Morgan fingerprint density at radius 2 is 1.77 bits per heavy atom. The highest BCUT2D eigenvalue weighted by atomic mass is 79.9. The Labute approximate surface area is 160 Å². The molecule has 1 unspecified atom stereocenters. The summed E-state index contributed by atoms with van der Waals surface area (Å²) in [5.41, 5.74) is 0.254. The monoisotopic (exact) mass is 423 g/mol. The third-order valence-corrected chi connectivity index (χ3v) is 4.26. The highest BCUT2D eigenvalue weighted by Gasteiger charge is 2.35. The summed E-state index contributed by atoms with van der Waals surface area (Å²) in [7, 11) is 0. The SMILES string of the molecule is CC(NC(=O)CCN1C(=O)c2ccc(Br)cc2C1=O)C(=O)NC(C)(C)C. The van der Waals surface area contributed by atoms with Crippen LogP contribution in [0.2, 0.25) is 0 Å². The highest BCUT2D eigenvalue weighted by Crippen LogP contribution is 2.26. The summed E-state index contributed by atoms with van der Waals surface area (Å²) in [5, 5.41) is 5.35. The first-order valence-electron chi connectivity index (χ1n) is 8.27. The predicted molar refractivity (Wildman–Crippen MR) is 99.6 cm³/mol. The van der Waals surface area contributed by atoms with Crippen molar-refractivity contribution < 1.29 is 19.2 Å². The van der Waals surface area contributed by atoms with Crippen LogP contribution >= 0.6 is 15.9 Å². The minimum atomic E-state index is -0.708. The van der Waals surface area contributed by atoms with Crippen LogP contribution in [-0.4, -0.2) is 46.7 Å². The van der Waals surface area contributed by atoms with Crippen molar-refractivity contribution in [2.45, 2.75) is 45.7 Å². The highest BCUT2D eigenvalue weighted by molar-refractivity contribution is 9.10. The van der Waals surface area contributed by atoms with E-state index in [1.54, 1.807) is 25.1 Å². The number of amides is 4. The second-order valence-electron chi connectivity index (χ2n) is 7.23. The summed E-state index contributed by atoms with van der Waals surface area (Å²) in [6.07, 6.45) is -0.0697.